The van der Waals surface area contributed by atoms with Crippen LogP contribution in [0.2, 0.25) is 0 Å². The lowest BCUT2D eigenvalue weighted by molar-refractivity contribution is -0.104. The largest absolute Gasteiger partial charge is 0.388 e. The molecule has 0 bridgehead atoms. The number of nitrogens with zero attached hydrogens (tertiary/aromatic N) is 2. The van der Waals surface area contributed by atoms with E-state index in [1.807, 2.05) is 6.07 Å². The normalized spacial score (nSPS) is 28.4. The number of ether oxygens (including phenoxy) is 2. The molecule has 0 aromatic carbocycles. The molecule has 0 amide bonds. The molecule has 0 aliphatic carbocycles. The molecule has 3 heterocycles. The highest BCUT2D eigenvalue weighted by atomic mass is 16.5. The van der Waals surface area contributed by atoms with Crippen LogP contribution in [0.15, 0.2) is 12.3 Å². The summed E-state index contributed by atoms with van der Waals surface area (Å²) in [4.78, 5) is 2.29. The molecule has 0 unspecified atom stereocenters. The number of hydrogen-bond acceptors (Lipinski definition) is 5. The number of rotatable bonds is 3. The van der Waals surface area contributed by atoms with Crippen LogP contribution in [0.25, 0.3) is 0 Å². The zero-order valence-corrected chi connectivity index (χ0v) is 11.0. The van der Waals surface area contributed by atoms with E-state index in [1.165, 1.54) is 0 Å². The fourth-order valence-electron chi connectivity index (χ4n) is 2.85. The molecule has 19 heavy (non-hydrogen) atoms. The van der Waals surface area contributed by atoms with E-state index in [0.717, 1.165) is 18.8 Å². The van der Waals surface area contributed by atoms with Gasteiger partial charge in [-0.05, 0) is 6.07 Å². The Hall–Kier alpha value is -0.950. The lowest BCUT2D eigenvalue weighted by Crippen LogP contribution is -2.51. The highest BCUT2D eigenvalue weighted by molar-refractivity contribution is 5.06. The fraction of sp³-hybridized carbons (Fsp3) is 0.769. The van der Waals surface area contributed by atoms with Gasteiger partial charge in [-0.3, -0.25) is 10.00 Å². The maximum Gasteiger partial charge on any atom is 0.0818 e. The average Bonchev–Trinajstić information content (AvgIpc) is 2.93. The van der Waals surface area contributed by atoms with Gasteiger partial charge in [0.15, 0.2) is 0 Å². The van der Waals surface area contributed by atoms with E-state index in [-0.39, 0.29) is 6.04 Å². The molecular formula is C13H21N3O3. The molecule has 2 saturated heterocycles. The van der Waals surface area contributed by atoms with Gasteiger partial charge in [0.2, 0.25) is 0 Å². The lowest BCUT2D eigenvalue weighted by Gasteiger charge is -2.41. The summed E-state index contributed by atoms with van der Waals surface area (Å²) in [6, 6.07) is 2.13. The summed E-state index contributed by atoms with van der Waals surface area (Å²) in [6.07, 6.45) is 3.17. The van der Waals surface area contributed by atoms with Crippen LogP contribution in [0.1, 0.15) is 24.6 Å². The summed E-state index contributed by atoms with van der Waals surface area (Å²) in [7, 11) is 0. The van der Waals surface area contributed by atoms with Crippen LogP contribution in [-0.4, -0.2) is 65.3 Å². The van der Waals surface area contributed by atoms with Crippen LogP contribution < -0.4 is 0 Å². The van der Waals surface area contributed by atoms with Crippen LogP contribution in [0, 0.1) is 0 Å². The zero-order chi connectivity index (χ0) is 13.1. The maximum absolute atomic E-state index is 10.7. The number of aromatic amines is 1. The van der Waals surface area contributed by atoms with Gasteiger partial charge in [-0.1, -0.05) is 0 Å². The average molecular weight is 267 g/mol. The molecule has 6 nitrogen and oxygen atoms in total. The quantitative estimate of drug-likeness (QED) is 0.825. The second kappa shape index (κ2) is 5.58. The van der Waals surface area contributed by atoms with Crippen molar-refractivity contribution in [3.05, 3.63) is 18.0 Å². The summed E-state index contributed by atoms with van der Waals surface area (Å²) < 4.78 is 10.9. The van der Waals surface area contributed by atoms with Crippen molar-refractivity contribution in [1.82, 2.24) is 15.1 Å². The van der Waals surface area contributed by atoms with E-state index >= 15 is 0 Å². The van der Waals surface area contributed by atoms with Gasteiger partial charge in [0.1, 0.15) is 0 Å². The summed E-state index contributed by atoms with van der Waals surface area (Å²) in [6.45, 7) is 4.17. The predicted molar refractivity (Wildman–Crippen MR) is 68.7 cm³/mol. The van der Waals surface area contributed by atoms with E-state index in [2.05, 4.69) is 15.1 Å². The number of β-amino-alcohol motifs (C(OH)–C–C–N with tert-alkyl or cyclic N) is 1. The van der Waals surface area contributed by atoms with Crippen molar-refractivity contribution in [3.8, 4) is 0 Å². The highest BCUT2D eigenvalue weighted by Crippen LogP contribution is 2.28. The van der Waals surface area contributed by atoms with E-state index < -0.39 is 5.60 Å². The summed E-state index contributed by atoms with van der Waals surface area (Å²) in [5, 5.41) is 17.7. The minimum absolute atomic E-state index is 0.156. The number of hydrogen-bond donors (Lipinski definition) is 2. The van der Waals surface area contributed by atoms with Crippen LogP contribution in [-0.2, 0) is 9.47 Å². The van der Waals surface area contributed by atoms with E-state index in [4.69, 9.17) is 9.47 Å². The molecule has 2 fully saturated rings. The SMILES string of the molecule is OC1(CN2CCOC[C@@H]2c2ccn[nH]2)CCOCC1. The van der Waals surface area contributed by atoms with Crippen LogP contribution in [0.5, 0.6) is 0 Å². The topological polar surface area (TPSA) is 70.6 Å². The fourth-order valence-corrected chi connectivity index (χ4v) is 2.85. The smallest absolute Gasteiger partial charge is 0.0818 e. The molecule has 0 saturated carbocycles. The predicted octanol–water partition coefficient (Wildman–Crippen LogP) is 0.324. The Morgan fingerprint density at radius 3 is 2.95 bits per heavy atom. The molecule has 2 aliphatic heterocycles. The third-order valence-corrected chi connectivity index (χ3v) is 4.04. The van der Waals surface area contributed by atoms with E-state index in [1.54, 1.807) is 6.20 Å². The first-order valence-electron chi connectivity index (χ1n) is 6.88. The molecule has 0 spiro atoms. The number of aromatic nitrogens is 2. The van der Waals surface area contributed by atoms with Gasteiger partial charge in [0.05, 0.1) is 30.6 Å². The third-order valence-electron chi connectivity index (χ3n) is 4.04. The van der Waals surface area contributed by atoms with Crippen molar-refractivity contribution < 1.29 is 14.6 Å². The highest BCUT2D eigenvalue weighted by Gasteiger charge is 2.36. The second-order valence-corrected chi connectivity index (χ2v) is 5.41. The minimum atomic E-state index is -0.631. The Labute approximate surface area is 112 Å². The van der Waals surface area contributed by atoms with Gasteiger partial charge < -0.3 is 14.6 Å². The lowest BCUT2D eigenvalue weighted by atomic mass is 9.92. The maximum atomic E-state index is 10.7. The molecule has 106 valence electrons. The Balaban J connectivity index is 1.70. The van der Waals surface area contributed by atoms with Gasteiger partial charge in [-0.2, -0.15) is 5.10 Å². The summed E-state index contributed by atoms with van der Waals surface area (Å²) in [5.41, 5.74) is 0.420. The van der Waals surface area contributed by atoms with Crippen LogP contribution in [0.4, 0.5) is 0 Å². The first-order valence-corrected chi connectivity index (χ1v) is 6.88. The van der Waals surface area contributed by atoms with Gasteiger partial charge in [-0.15, -0.1) is 0 Å². The number of morpholine rings is 1. The second-order valence-electron chi connectivity index (χ2n) is 5.41. The van der Waals surface area contributed by atoms with Crippen molar-refractivity contribution >= 4 is 0 Å². The molecule has 6 heteroatoms. The first kappa shape index (κ1) is 13.1. The summed E-state index contributed by atoms with van der Waals surface area (Å²) in [5.74, 6) is 0. The van der Waals surface area contributed by atoms with Crippen molar-refractivity contribution in [3.63, 3.8) is 0 Å². The number of H-pyrrole nitrogens is 1. The van der Waals surface area contributed by atoms with E-state index in [9.17, 15) is 5.11 Å². The molecule has 2 N–H and O–H groups in total. The third kappa shape index (κ3) is 2.97. The molecule has 3 rings (SSSR count). The van der Waals surface area contributed by atoms with E-state index in [0.29, 0.717) is 39.2 Å². The molecule has 0 radical (unpaired) electrons. The monoisotopic (exact) mass is 267 g/mol. The minimum Gasteiger partial charge on any atom is -0.388 e. The summed E-state index contributed by atoms with van der Waals surface area (Å²) >= 11 is 0. The Kier molecular flexibility index (Phi) is 3.83. The Bertz CT molecular complexity index is 390. The van der Waals surface area contributed by atoms with Gasteiger partial charge in [0.25, 0.3) is 0 Å². The van der Waals surface area contributed by atoms with Gasteiger partial charge >= 0.3 is 0 Å². The van der Waals surface area contributed by atoms with Crippen molar-refractivity contribution in [1.29, 1.82) is 0 Å². The van der Waals surface area contributed by atoms with Crippen molar-refractivity contribution in [2.24, 2.45) is 0 Å². The molecule has 1 atom stereocenters. The molecule has 1 aromatic heterocycles. The van der Waals surface area contributed by atoms with Crippen molar-refractivity contribution in [2.75, 3.05) is 39.5 Å². The van der Waals surface area contributed by atoms with Crippen molar-refractivity contribution in [2.45, 2.75) is 24.5 Å². The van der Waals surface area contributed by atoms with Gasteiger partial charge in [0, 0.05) is 45.3 Å². The Morgan fingerprint density at radius 2 is 2.21 bits per heavy atom. The molecule has 1 aromatic rings. The van der Waals surface area contributed by atoms with Crippen LogP contribution in [0.3, 0.4) is 0 Å². The molecular weight excluding hydrogens is 246 g/mol. The molecule has 2 aliphatic rings. The number of aliphatic hydroxyl groups is 1. The number of nitrogens with one attached hydrogen (secondary N) is 1. The first-order chi connectivity index (χ1) is 9.27. The van der Waals surface area contributed by atoms with Crippen LogP contribution >= 0.6 is 0 Å². The van der Waals surface area contributed by atoms with Gasteiger partial charge in [-0.25, -0.2) is 0 Å². The Morgan fingerprint density at radius 1 is 1.37 bits per heavy atom. The standard InChI is InChI=1S/C13H21N3O3/c17-13(2-6-18-7-3-13)10-16-5-8-19-9-12(16)11-1-4-14-15-11/h1,4,12,17H,2-3,5-10H2,(H,14,15)/t12-/m1/s1. The zero-order valence-electron chi connectivity index (χ0n) is 11.0.